The van der Waals surface area contributed by atoms with Crippen molar-refractivity contribution in [3.8, 4) is 5.75 Å². The predicted molar refractivity (Wildman–Crippen MR) is 133 cm³/mol. The second-order valence-electron chi connectivity index (χ2n) is 9.96. The molecule has 1 saturated heterocycles. The Hall–Kier alpha value is -4.21. The number of hydrogen-bond acceptors (Lipinski definition) is 8. The molecule has 42 heavy (non-hydrogen) atoms. The van der Waals surface area contributed by atoms with Crippen molar-refractivity contribution in [2.45, 2.75) is 57.3 Å². The molecule has 1 N–H and O–H groups in total. The molecule has 2 amide bonds. The van der Waals surface area contributed by atoms with Gasteiger partial charge in [-0.25, -0.2) is 9.97 Å². The van der Waals surface area contributed by atoms with Gasteiger partial charge in [0.25, 0.3) is 0 Å². The summed E-state index contributed by atoms with van der Waals surface area (Å²) in [6, 6.07) is 5.45. The second kappa shape index (κ2) is 11.2. The Morgan fingerprint density at radius 3 is 2.52 bits per heavy atom. The number of amides is 2. The molecule has 0 bridgehead atoms. The van der Waals surface area contributed by atoms with Crippen LogP contribution in [-0.4, -0.2) is 79.8 Å². The normalized spacial score (nSPS) is 20.0. The third kappa shape index (κ3) is 6.03. The molecule has 224 valence electrons. The standard InChI is InChI=1S/C26H25F5N6O5/c1-14(38)23-17-11-16(41-13-21-32-5-2-6-33-21)3-4-18(17)36(35-23)12-22(39)37-19-9-15(19)10-20(37)24(40)34-7-8-42-26(30,31)25(27,28)29/h2-6,11,15,19-20H,7-10,12-13H2,1H3,(H,34,40)/t15-,19-,20+/m1/s1. The number of aromatic nitrogens is 4. The van der Waals surface area contributed by atoms with Gasteiger partial charge in [-0.15, -0.1) is 0 Å². The van der Waals surface area contributed by atoms with E-state index in [0.717, 1.165) is 0 Å². The summed E-state index contributed by atoms with van der Waals surface area (Å²) in [6.07, 6.45) is -7.05. The number of fused-ring (bicyclic) bond motifs is 2. The van der Waals surface area contributed by atoms with Crippen LogP contribution in [0.5, 0.6) is 5.75 Å². The zero-order valence-electron chi connectivity index (χ0n) is 22.1. The van der Waals surface area contributed by atoms with E-state index >= 15 is 0 Å². The summed E-state index contributed by atoms with van der Waals surface area (Å²) in [5.41, 5.74) is 0.599. The SMILES string of the molecule is CC(=O)c1nn(CC(=O)N2[C@@H]3C[C@@H]3C[C@H]2C(=O)NCCOC(F)(F)C(F)(F)F)c2ccc(OCc3ncccn3)cc12. The van der Waals surface area contributed by atoms with Gasteiger partial charge in [0.1, 0.15) is 30.6 Å². The van der Waals surface area contributed by atoms with E-state index in [-0.39, 0.29) is 36.6 Å². The molecule has 0 unspecified atom stereocenters. The number of nitrogens with zero attached hydrogens (tertiary/aromatic N) is 5. The van der Waals surface area contributed by atoms with Crippen LogP contribution in [-0.2, 0) is 27.5 Å². The van der Waals surface area contributed by atoms with Gasteiger partial charge in [0.2, 0.25) is 11.8 Å². The van der Waals surface area contributed by atoms with E-state index in [1.807, 2.05) is 0 Å². The lowest BCUT2D eigenvalue weighted by Gasteiger charge is -2.27. The molecule has 1 saturated carbocycles. The first kappa shape index (κ1) is 29.3. The fourth-order valence-electron chi connectivity index (χ4n) is 4.99. The molecule has 2 aliphatic rings. The van der Waals surface area contributed by atoms with E-state index in [1.165, 1.54) is 16.5 Å². The van der Waals surface area contributed by atoms with E-state index in [9.17, 15) is 36.3 Å². The number of Topliss-reactive ketones (excluding diaryl/α,β-unsaturated/α-hetero) is 1. The molecule has 1 aliphatic carbocycles. The van der Waals surface area contributed by atoms with Gasteiger partial charge in [0.05, 0.1) is 12.1 Å². The number of nitrogens with one attached hydrogen (secondary N) is 1. The van der Waals surface area contributed by atoms with Crippen LogP contribution >= 0.6 is 0 Å². The number of ether oxygens (including phenoxy) is 2. The number of rotatable bonds is 11. The fraction of sp³-hybridized carbons (Fsp3) is 0.462. The van der Waals surface area contributed by atoms with Crippen LogP contribution in [0.15, 0.2) is 36.7 Å². The summed E-state index contributed by atoms with van der Waals surface area (Å²) < 4.78 is 73.3. The van der Waals surface area contributed by atoms with Gasteiger partial charge < -0.3 is 19.7 Å². The quantitative estimate of drug-likeness (QED) is 0.203. The first-order chi connectivity index (χ1) is 19.9. The Kier molecular flexibility index (Phi) is 7.83. The number of benzene rings is 1. The Morgan fingerprint density at radius 2 is 1.83 bits per heavy atom. The number of alkyl halides is 5. The maximum absolute atomic E-state index is 13.4. The number of ketones is 1. The van der Waals surface area contributed by atoms with E-state index in [1.54, 1.807) is 36.7 Å². The summed E-state index contributed by atoms with van der Waals surface area (Å²) in [7, 11) is 0. The van der Waals surface area contributed by atoms with Crippen molar-refractivity contribution in [1.29, 1.82) is 0 Å². The lowest BCUT2D eigenvalue weighted by Crippen LogP contribution is -2.49. The highest BCUT2D eigenvalue weighted by Gasteiger charge is 2.59. The highest BCUT2D eigenvalue weighted by Crippen LogP contribution is 2.48. The fourth-order valence-corrected chi connectivity index (χ4v) is 4.99. The molecular formula is C26H25F5N6O5. The average Bonchev–Trinajstić information content (AvgIpc) is 3.45. The average molecular weight is 597 g/mol. The minimum absolute atomic E-state index is 0.0750. The predicted octanol–water partition coefficient (Wildman–Crippen LogP) is 2.89. The maximum Gasteiger partial charge on any atom is 0.482 e. The number of likely N-dealkylation sites (tertiary alicyclic amines) is 1. The summed E-state index contributed by atoms with van der Waals surface area (Å²) >= 11 is 0. The highest BCUT2D eigenvalue weighted by atomic mass is 19.4. The van der Waals surface area contributed by atoms with E-state index < -0.39 is 43.3 Å². The van der Waals surface area contributed by atoms with Gasteiger partial charge >= 0.3 is 12.3 Å². The smallest absolute Gasteiger partial charge is 0.482 e. The maximum atomic E-state index is 13.4. The Balaban J connectivity index is 1.25. The third-order valence-corrected chi connectivity index (χ3v) is 7.04. The molecule has 0 radical (unpaired) electrons. The monoisotopic (exact) mass is 596 g/mol. The van der Waals surface area contributed by atoms with Gasteiger partial charge in [0.15, 0.2) is 11.6 Å². The minimum Gasteiger partial charge on any atom is -0.486 e. The van der Waals surface area contributed by atoms with Crippen molar-refractivity contribution in [3.05, 3.63) is 48.2 Å². The number of carbonyl (C=O) groups excluding carboxylic acids is 3. The van der Waals surface area contributed by atoms with Gasteiger partial charge in [0, 0.05) is 37.3 Å². The first-order valence-electron chi connectivity index (χ1n) is 12.9. The van der Waals surface area contributed by atoms with Crippen LogP contribution in [0.1, 0.15) is 36.1 Å². The molecule has 3 aromatic rings. The molecule has 1 aliphatic heterocycles. The summed E-state index contributed by atoms with van der Waals surface area (Å²) in [5, 5.41) is 7.06. The number of halogens is 5. The van der Waals surface area contributed by atoms with Crippen molar-refractivity contribution < 1.29 is 45.8 Å². The first-order valence-corrected chi connectivity index (χ1v) is 12.9. The molecule has 2 fully saturated rings. The minimum atomic E-state index is -5.88. The topological polar surface area (TPSA) is 129 Å². The molecule has 11 nitrogen and oxygen atoms in total. The Morgan fingerprint density at radius 1 is 1.10 bits per heavy atom. The molecular weight excluding hydrogens is 571 g/mol. The zero-order valence-corrected chi connectivity index (χ0v) is 22.1. The number of carbonyl (C=O) groups is 3. The van der Waals surface area contributed by atoms with E-state index in [0.29, 0.717) is 35.3 Å². The molecule has 5 rings (SSSR count). The Labute approximate surface area is 235 Å². The second-order valence-corrected chi connectivity index (χ2v) is 9.96. The van der Waals surface area contributed by atoms with Gasteiger partial charge in [-0.3, -0.25) is 19.1 Å². The third-order valence-electron chi connectivity index (χ3n) is 7.04. The summed E-state index contributed by atoms with van der Waals surface area (Å²) in [4.78, 5) is 48.1. The molecule has 3 heterocycles. The van der Waals surface area contributed by atoms with Crippen LogP contribution in [0, 0.1) is 5.92 Å². The van der Waals surface area contributed by atoms with Crippen LogP contribution in [0.25, 0.3) is 10.9 Å². The highest BCUT2D eigenvalue weighted by molar-refractivity contribution is 6.05. The number of piperidine rings is 1. The molecule has 3 atom stereocenters. The molecule has 1 aromatic carbocycles. The van der Waals surface area contributed by atoms with Crippen LogP contribution in [0.3, 0.4) is 0 Å². The van der Waals surface area contributed by atoms with E-state index in [4.69, 9.17) is 4.74 Å². The summed E-state index contributed by atoms with van der Waals surface area (Å²) in [6.45, 7) is -0.556. The van der Waals surface area contributed by atoms with Crippen molar-refractivity contribution in [2.75, 3.05) is 13.2 Å². The zero-order chi connectivity index (χ0) is 30.2. The molecule has 2 aromatic heterocycles. The Bertz CT molecular complexity index is 1500. The number of hydrogen-bond donors (Lipinski definition) is 1. The molecule has 0 spiro atoms. The van der Waals surface area contributed by atoms with Gasteiger partial charge in [-0.05, 0) is 43.0 Å². The lowest BCUT2D eigenvalue weighted by atomic mass is 10.1. The van der Waals surface area contributed by atoms with Gasteiger partial charge in [-0.2, -0.15) is 27.1 Å². The van der Waals surface area contributed by atoms with Crippen LogP contribution in [0.4, 0.5) is 22.0 Å². The largest absolute Gasteiger partial charge is 0.486 e. The van der Waals surface area contributed by atoms with Crippen molar-refractivity contribution >= 4 is 28.5 Å². The van der Waals surface area contributed by atoms with E-state index in [2.05, 4.69) is 25.1 Å². The van der Waals surface area contributed by atoms with Gasteiger partial charge in [-0.1, -0.05) is 0 Å². The molecule has 16 heteroatoms. The van der Waals surface area contributed by atoms with Crippen molar-refractivity contribution in [1.82, 2.24) is 30.0 Å². The van der Waals surface area contributed by atoms with Crippen LogP contribution < -0.4 is 10.1 Å². The van der Waals surface area contributed by atoms with Crippen LogP contribution in [0.2, 0.25) is 0 Å². The lowest BCUT2D eigenvalue weighted by molar-refractivity contribution is -0.390. The van der Waals surface area contributed by atoms with Crippen molar-refractivity contribution in [3.63, 3.8) is 0 Å². The van der Waals surface area contributed by atoms with Crippen molar-refractivity contribution in [2.24, 2.45) is 5.92 Å². The summed E-state index contributed by atoms with van der Waals surface area (Å²) in [5.74, 6) is -0.522.